The molecule has 0 bridgehead atoms. The zero-order valence-corrected chi connectivity index (χ0v) is 15.2. The molecule has 0 amide bonds. The van der Waals surface area contributed by atoms with Crippen molar-refractivity contribution in [2.45, 2.75) is 0 Å². The van der Waals surface area contributed by atoms with E-state index in [1.165, 1.54) is 12.1 Å². The first-order valence-electron chi connectivity index (χ1n) is 8.33. The third-order valence-corrected chi connectivity index (χ3v) is 3.81. The Morgan fingerprint density at radius 1 is 0.889 bits per heavy atom. The maximum Gasteiger partial charge on any atom is 0.191 e. The number of nitrogens with one attached hydrogen (secondary N) is 2. The minimum absolute atomic E-state index is 0.205. The van der Waals surface area contributed by atoms with Gasteiger partial charge < -0.3 is 10.1 Å². The standard InChI is InChI=1S/C21H18FN3OS/c22-17-11-13-19(14-12-17)26-15-20(16-7-3-1-4-8-16)24-25-21(27)23-18-9-5-2-6-10-18/h1-14H,15H2,(H2,23,25,27). The number of thiocarbonyl (C=S) groups is 1. The second-order valence-electron chi connectivity index (χ2n) is 5.60. The van der Waals surface area contributed by atoms with Crippen LogP contribution in [0.2, 0.25) is 0 Å². The Labute approximate surface area is 162 Å². The summed E-state index contributed by atoms with van der Waals surface area (Å²) in [5.74, 6) is 0.253. The largest absolute Gasteiger partial charge is 0.487 e. The van der Waals surface area contributed by atoms with Gasteiger partial charge in [0, 0.05) is 11.3 Å². The summed E-state index contributed by atoms with van der Waals surface area (Å²) in [5.41, 5.74) is 5.27. The van der Waals surface area contributed by atoms with E-state index in [0.717, 1.165) is 11.3 Å². The van der Waals surface area contributed by atoms with E-state index in [1.807, 2.05) is 60.7 Å². The number of halogens is 1. The summed E-state index contributed by atoms with van der Waals surface area (Å²) in [4.78, 5) is 0. The van der Waals surface area contributed by atoms with E-state index in [9.17, 15) is 4.39 Å². The lowest BCUT2D eigenvalue weighted by Gasteiger charge is -2.11. The van der Waals surface area contributed by atoms with Gasteiger partial charge in [-0.05, 0) is 48.6 Å². The molecule has 6 heteroatoms. The van der Waals surface area contributed by atoms with Crippen molar-refractivity contribution in [3.05, 3.63) is 96.3 Å². The number of para-hydroxylation sites is 1. The van der Waals surface area contributed by atoms with Crippen LogP contribution in [0.5, 0.6) is 5.75 Å². The van der Waals surface area contributed by atoms with Gasteiger partial charge in [-0.25, -0.2) is 4.39 Å². The lowest BCUT2D eigenvalue weighted by atomic mass is 10.1. The quantitative estimate of drug-likeness (QED) is 0.373. The van der Waals surface area contributed by atoms with Gasteiger partial charge in [0.15, 0.2) is 5.11 Å². The Hall–Kier alpha value is -3.25. The van der Waals surface area contributed by atoms with Crippen molar-refractivity contribution in [3.63, 3.8) is 0 Å². The smallest absolute Gasteiger partial charge is 0.191 e. The van der Waals surface area contributed by atoms with Crippen LogP contribution in [0.3, 0.4) is 0 Å². The highest BCUT2D eigenvalue weighted by molar-refractivity contribution is 7.80. The molecule has 136 valence electrons. The molecule has 0 fully saturated rings. The number of hydrazone groups is 1. The maximum absolute atomic E-state index is 13.0. The van der Waals surface area contributed by atoms with Crippen LogP contribution in [-0.4, -0.2) is 17.4 Å². The van der Waals surface area contributed by atoms with E-state index in [0.29, 0.717) is 16.6 Å². The summed E-state index contributed by atoms with van der Waals surface area (Å²) >= 11 is 5.28. The van der Waals surface area contributed by atoms with E-state index < -0.39 is 0 Å². The van der Waals surface area contributed by atoms with Gasteiger partial charge in [0.1, 0.15) is 23.9 Å². The van der Waals surface area contributed by atoms with Crippen LogP contribution in [0.15, 0.2) is 90.0 Å². The molecular formula is C21H18FN3OS. The molecule has 0 aromatic heterocycles. The Balaban J connectivity index is 1.68. The van der Waals surface area contributed by atoms with Crippen molar-refractivity contribution in [2.24, 2.45) is 5.10 Å². The molecule has 0 spiro atoms. The minimum Gasteiger partial charge on any atom is -0.487 e. The van der Waals surface area contributed by atoms with Crippen LogP contribution in [0.1, 0.15) is 5.56 Å². The van der Waals surface area contributed by atoms with E-state index in [1.54, 1.807) is 12.1 Å². The number of ether oxygens (including phenoxy) is 1. The van der Waals surface area contributed by atoms with Crippen molar-refractivity contribution >= 4 is 28.7 Å². The normalized spacial score (nSPS) is 10.9. The van der Waals surface area contributed by atoms with Gasteiger partial charge in [0.25, 0.3) is 0 Å². The Bertz CT molecular complexity index is 900. The first kappa shape index (κ1) is 18.5. The summed E-state index contributed by atoms with van der Waals surface area (Å²) in [5, 5.41) is 7.82. The number of hydrogen-bond acceptors (Lipinski definition) is 3. The fraction of sp³-hybridized carbons (Fsp3) is 0.0476. The fourth-order valence-electron chi connectivity index (χ4n) is 2.29. The molecule has 3 aromatic rings. The van der Waals surface area contributed by atoms with Gasteiger partial charge in [0.05, 0.1) is 0 Å². The molecule has 0 saturated carbocycles. The average molecular weight is 379 g/mol. The van der Waals surface area contributed by atoms with Crippen LogP contribution >= 0.6 is 12.2 Å². The molecule has 27 heavy (non-hydrogen) atoms. The molecule has 0 aliphatic rings. The molecule has 0 aliphatic carbocycles. The monoisotopic (exact) mass is 379 g/mol. The van der Waals surface area contributed by atoms with Gasteiger partial charge in [-0.1, -0.05) is 48.5 Å². The summed E-state index contributed by atoms with van der Waals surface area (Å²) < 4.78 is 18.8. The molecule has 4 nitrogen and oxygen atoms in total. The third kappa shape index (κ3) is 5.90. The highest BCUT2D eigenvalue weighted by atomic mass is 32.1. The highest BCUT2D eigenvalue weighted by Crippen LogP contribution is 2.12. The summed E-state index contributed by atoms with van der Waals surface area (Å²) in [6, 6.07) is 25.1. The zero-order chi connectivity index (χ0) is 18.9. The van der Waals surface area contributed by atoms with E-state index in [2.05, 4.69) is 15.8 Å². The Morgan fingerprint density at radius 3 is 2.19 bits per heavy atom. The molecule has 3 rings (SSSR count). The van der Waals surface area contributed by atoms with Crippen LogP contribution in [0, 0.1) is 5.82 Å². The zero-order valence-electron chi connectivity index (χ0n) is 14.4. The van der Waals surface area contributed by atoms with Crippen molar-refractivity contribution < 1.29 is 9.13 Å². The second-order valence-corrected chi connectivity index (χ2v) is 6.01. The van der Waals surface area contributed by atoms with Gasteiger partial charge >= 0.3 is 0 Å². The number of rotatable bonds is 6. The minimum atomic E-state index is -0.307. The van der Waals surface area contributed by atoms with Crippen LogP contribution in [-0.2, 0) is 0 Å². The van der Waals surface area contributed by atoms with Crippen molar-refractivity contribution in [1.82, 2.24) is 5.43 Å². The molecule has 0 atom stereocenters. The second kappa shape index (κ2) is 9.45. The first-order chi connectivity index (χ1) is 13.2. The predicted octanol–water partition coefficient (Wildman–Crippen LogP) is 4.60. The summed E-state index contributed by atoms with van der Waals surface area (Å²) in [7, 11) is 0. The third-order valence-electron chi connectivity index (χ3n) is 3.62. The molecule has 2 N–H and O–H groups in total. The maximum atomic E-state index is 13.0. The molecule has 0 radical (unpaired) electrons. The van der Waals surface area contributed by atoms with E-state index >= 15 is 0 Å². The van der Waals surface area contributed by atoms with Gasteiger partial charge in [-0.3, -0.25) is 5.43 Å². The van der Waals surface area contributed by atoms with E-state index in [-0.39, 0.29) is 12.4 Å². The van der Waals surface area contributed by atoms with Crippen LogP contribution in [0.4, 0.5) is 10.1 Å². The van der Waals surface area contributed by atoms with Crippen molar-refractivity contribution in [3.8, 4) is 5.75 Å². The number of hydrogen-bond donors (Lipinski definition) is 2. The molecule has 0 aliphatic heterocycles. The Morgan fingerprint density at radius 2 is 1.52 bits per heavy atom. The molecule has 3 aromatic carbocycles. The topological polar surface area (TPSA) is 45.6 Å². The fourth-order valence-corrected chi connectivity index (χ4v) is 2.46. The lowest BCUT2D eigenvalue weighted by molar-refractivity contribution is 0.375. The summed E-state index contributed by atoms with van der Waals surface area (Å²) in [6.45, 7) is 0.205. The summed E-state index contributed by atoms with van der Waals surface area (Å²) in [6.07, 6.45) is 0. The molecular weight excluding hydrogens is 361 g/mol. The highest BCUT2D eigenvalue weighted by Gasteiger charge is 2.06. The lowest BCUT2D eigenvalue weighted by Crippen LogP contribution is -2.27. The van der Waals surface area contributed by atoms with Gasteiger partial charge in [-0.2, -0.15) is 5.10 Å². The number of nitrogens with zero attached hydrogens (tertiary/aromatic N) is 1. The first-order valence-corrected chi connectivity index (χ1v) is 8.74. The average Bonchev–Trinajstić information content (AvgIpc) is 2.71. The van der Waals surface area contributed by atoms with Gasteiger partial charge in [0.2, 0.25) is 0 Å². The predicted molar refractivity (Wildman–Crippen MR) is 111 cm³/mol. The van der Waals surface area contributed by atoms with Crippen molar-refractivity contribution in [1.29, 1.82) is 0 Å². The molecule has 0 saturated heterocycles. The number of benzene rings is 3. The van der Waals surface area contributed by atoms with Gasteiger partial charge in [-0.15, -0.1) is 0 Å². The molecule has 0 unspecified atom stereocenters. The Kier molecular flexibility index (Phi) is 6.49. The number of anilines is 1. The van der Waals surface area contributed by atoms with E-state index in [4.69, 9.17) is 17.0 Å². The van der Waals surface area contributed by atoms with Crippen molar-refractivity contribution in [2.75, 3.05) is 11.9 Å². The molecule has 0 heterocycles. The van der Waals surface area contributed by atoms with Crippen LogP contribution < -0.4 is 15.5 Å². The van der Waals surface area contributed by atoms with Crippen LogP contribution in [0.25, 0.3) is 0 Å². The SMILES string of the molecule is Fc1ccc(OCC(=NNC(=S)Nc2ccccc2)c2ccccc2)cc1.